The lowest BCUT2D eigenvalue weighted by atomic mass is 9.75. The van der Waals surface area contributed by atoms with Gasteiger partial charge in [-0.1, -0.05) is 29.8 Å². The summed E-state index contributed by atoms with van der Waals surface area (Å²) in [6, 6.07) is 10.7. The highest BCUT2D eigenvalue weighted by Gasteiger charge is 2.53. The number of nitrogens with zero attached hydrogens (tertiary/aromatic N) is 3. The second-order valence-corrected chi connectivity index (χ2v) is 9.05. The van der Waals surface area contributed by atoms with E-state index in [1.165, 1.54) is 42.8 Å². The highest BCUT2D eigenvalue weighted by atomic mass is 32.1. The van der Waals surface area contributed by atoms with Gasteiger partial charge in [0.05, 0.1) is 5.69 Å². The van der Waals surface area contributed by atoms with E-state index >= 15 is 0 Å². The molecule has 0 amide bonds. The highest BCUT2D eigenvalue weighted by molar-refractivity contribution is 7.13. The maximum Gasteiger partial charge on any atom is 0.182 e. The number of hydrogen-bond donors (Lipinski definition) is 1. The van der Waals surface area contributed by atoms with Crippen LogP contribution in [0.5, 0.6) is 0 Å². The number of hydrogen-bond acceptors (Lipinski definition) is 5. The smallest absolute Gasteiger partial charge is 0.182 e. The van der Waals surface area contributed by atoms with Crippen molar-refractivity contribution in [3.63, 3.8) is 0 Å². The lowest BCUT2D eigenvalue weighted by Crippen LogP contribution is -2.59. The summed E-state index contributed by atoms with van der Waals surface area (Å²) in [7, 11) is 1.95. The van der Waals surface area contributed by atoms with E-state index in [9.17, 15) is 0 Å². The Hall–Kier alpha value is -1.43. The summed E-state index contributed by atoms with van der Waals surface area (Å²) >= 11 is 1.72. The molecule has 1 aromatic carbocycles. The monoisotopic (exact) mass is 368 g/mol. The van der Waals surface area contributed by atoms with E-state index in [-0.39, 0.29) is 0 Å². The Morgan fingerprint density at radius 2 is 1.92 bits per heavy atom. The zero-order valence-corrected chi connectivity index (χ0v) is 16.5. The Balaban J connectivity index is 1.45. The predicted molar refractivity (Wildman–Crippen MR) is 108 cm³/mol. The molecular weight excluding hydrogens is 340 g/mol. The van der Waals surface area contributed by atoms with Gasteiger partial charge in [-0.25, -0.2) is 4.98 Å². The van der Waals surface area contributed by atoms with Gasteiger partial charge in [0, 0.05) is 43.5 Å². The Bertz CT molecular complexity index is 763. The van der Waals surface area contributed by atoms with E-state index in [4.69, 9.17) is 4.98 Å². The molecule has 2 bridgehead atoms. The number of aromatic nitrogens is 1. The number of nitrogens with one attached hydrogen (secondary N) is 1. The van der Waals surface area contributed by atoms with Gasteiger partial charge in [-0.05, 0) is 44.3 Å². The lowest BCUT2D eigenvalue weighted by molar-refractivity contribution is -0.00893. The first kappa shape index (κ1) is 16.7. The minimum atomic E-state index is 0.631. The maximum absolute atomic E-state index is 4.75. The van der Waals surface area contributed by atoms with E-state index in [0.29, 0.717) is 18.0 Å². The molecule has 4 fully saturated rings. The minimum absolute atomic E-state index is 0.631. The zero-order chi connectivity index (χ0) is 17.7. The summed E-state index contributed by atoms with van der Waals surface area (Å²) in [5.74, 6) is 1.49. The van der Waals surface area contributed by atoms with Crippen LogP contribution < -0.4 is 5.32 Å². The van der Waals surface area contributed by atoms with Crippen LogP contribution in [0.4, 0.5) is 5.13 Å². The van der Waals surface area contributed by atoms with E-state index in [2.05, 4.69) is 51.7 Å². The van der Waals surface area contributed by atoms with Gasteiger partial charge in [0.25, 0.3) is 0 Å². The molecule has 4 nitrogen and oxygen atoms in total. The second kappa shape index (κ2) is 6.63. The summed E-state index contributed by atoms with van der Waals surface area (Å²) in [4.78, 5) is 10.3. The van der Waals surface area contributed by atoms with Crippen molar-refractivity contribution in [2.45, 2.75) is 44.3 Å². The molecule has 0 saturated carbocycles. The van der Waals surface area contributed by atoms with Crippen LogP contribution in [0.1, 0.15) is 35.6 Å². The molecule has 26 heavy (non-hydrogen) atoms. The molecule has 4 saturated heterocycles. The fraction of sp³-hybridized carbons (Fsp3) is 0.571. The fourth-order valence-electron chi connectivity index (χ4n) is 5.53. The zero-order valence-electron chi connectivity index (χ0n) is 15.7. The van der Waals surface area contributed by atoms with Gasteiger partial charge in [-0.2, -0.15) is 0 Å². The van der Waals surface area contributed by atoms with Crippen molar-refractivity contribution in [3.8, 4) is 0 Å². The number of benzene rings is 1. The summed E-state index contributed by atoms with van der Waals surface area (Å²) in [5, 5.41) is 6.43. The Kier molecular flexibility index (Phi) is 4.26. The van der Waals surface area contributed by atoms with Crippen molar-refractivity contribution in [1.82, 2.24) is 14.8 Å². The van der Waals surface area contributed by atoms with Gasteiger partial charge in [0.2, 0.25) is 0 Å². The van der Waals surface area contributed by atoms with Crippen LogP contribution >= 0.6 is 11.3 Å². The summed E-state index contributed by atoms with van der Waals surface area (Å²) in [6.07, 6.45) is 2.74. The van der Waals surface area contributed by atoms with Crippen LogP contribution in [0.3, 0.4) is 0 Å². The molecule has 0 spiro atoms. The van der Waals surface area contributed by atoms with Gasteiger partial charge in [0.1, 0.15) is 0 Å². The van der Waals surface area contributed by atoms with Crippen molar-refractivity contribution < 1.29 is 0 Å². The first-order chi connectivity index (χ1) is 12.7. The number of aryl methyl sites for hydroxylation is 1. The van der Waals surface area contributed by atoms with Crippen molar-refractivity contribution in [2.75, 3.05) is 32.0 Å². The van der Waals surface area contributed by atoms with Gasteiger partial charge in [-0.3, -0.25) is 9.80 Å². The quantitative estimate of drug-likeness (QED) is 0.894. The maximum atomic E-state index is 4.75. The SMILES string of the molecule is CNc1nc(CN2C[C@@H](c3ccc(C)cc3)[C@H]3[C@@H]2C2CCN3CC2)cs1. The van der Waals surface area contributed by atoms with Gasteiger partial charge in [-0.15, -0.1) is 11.3 Å². The molecule has 0 aliphatic carbocycles. The molecule has 6 rings (SSSR count). The molecule has 4 aliphatic heterocycles. The van der Waals surface area contributed by atoms with Crippen molar-refractivity contribution in [2.24, 2.45) is 5.92 Å². The Morgan fingerprint density at radius 3 is 2.62 bits per heavy atom. The summed E-state index contributed by atoms with van der Waals surface area (Å²) < 4.78 is 0. The third-order valence-electron chi connectivity index (χ3n) is 6.73. The number of anilines is 1. The average Bonchev–Trinajstić information content (AvgIpc) is 3.30. The molecule has 1 aromatic heterocycles. The van der Waals surface area contributed by atoms with Gasteiger partial charge < -0.3 is 5.32 Å². The predicted octanol–water partition coefficient (Wildman–Crippen LogP) is 3.56. The minimum Gasteiger partial charge on any atom is -0.365 e. The van der Waals surface area contributed by atoms with Crippen molar-refractivity contribution in [1.29, 1.82) is 0 Å². The molecule has 3 atom stereocenters. The standard InChI is InChI=1S/C21H28N4S/c1-14-3-5-15(6-4-14)18-12-25(11-17-13-26-21(22-2)23-17)19-16-7-9-24(10-8-16)20(18)19/h3-6,13,16,18-20H,7-12H2,1-2H3,(H,22,23)/t18-,19-,20-/m0/s1. The molecular formula is C21H28N4S. The molecule has 0 unspecified atom stereocenters. The van der Waals surface area contributed by atoms with Crippen LogP contribution in [0.2, 0.25) is 0 Å². The third kappa shape index (κ3) is 2.77. The third-order valence-corrected chi connectivity index (χ3v) is 7.64. The Labute approximate surface area is 160 Å². The normalized spacial score (nSPS) is 33.4. The molecule has 4 aliphatic rings. The van der Waals surface area contributed by atoms with Crippen molar-refractivity contribution >= 4 is 16.5 Å². The average molecular weight is 369 g/mol. The summed E-state index contributed by atoms with van der Waals surface area (Å²) in [6.45, 7) is 6.93. The fourth-order valence-corrected chi connectivity index (χ4v) is 6.19. The molecule has 138 valence electrons. The Morgan fingerprint density at radius 1 is 1.15 bits per heavy atom. The molecule has 5 heterocycles. The number of piperidine rings is 3. The lowest BCUT2D eigenvalue weighted by Gasteiger charge is -2.51. The number of thiazole rings is 1. The molecule has 0 radical (unpaired) electrons. The summed E-state index contributed by atoms with van der Waals surface area (Å²) in [5.41, 5.74) is 4.10. The molecule has 2 aromatic rings. The second-order valence-electron chi connectivity index (χ2n) is 8.20. The topological polar surface area (TPSA) is 31.4 Å². The first-order valence-corrected chi connectivity index (χ1v) is 10.8. The first-order valence-electron chi connectivity index (χ1n) is 9.90. The highest BCUT2D eigenvalue weighted by Crippen LogP contribution is 2.47. The van der Waals surface area contributed by atoms with Crippen LogP contribution in [0.15, 0.2) is 29.6 Å². The van der Waals surface area contributed by atoms with E-state index in [0.717, 1.165) is 24.1 Å². The number of likely N-dealkylation sites (tertiary alicyclic amines) is 1. The van der Waals surface area contributed by atoms with Crippen LogP contribution in [0, 0.1) is 12.8 Å². The van der Waals surface area contributed by atoms with Crippen LogP contribution in [-0.2, 0) is 6.54 Å². The van der Waals surface area contributed by atoms with Gasteiger partial charge in [0.15, 0.2) is 5.13 Å². The largest absolute Gasteiger partial charge is 0.365 e. The molecule has 1 N–H and O–H groups in total. The van der Waals surface area contributed by atoms with E-state index < -0.39 is 0 Å². The molecule has 5 heteroatoms. The van der Waals surface area contributed by atoms with Crippen LogP contribution in [0.25, 0.3) is 0 Å². The van der Waals surface area contributed by atoms with Gasteiger partial charge >= 0.3 is 0 Å². The number of fused-ring (bicyclic) bond motifs is 2. The van der Waals surface area contributed by atoms with Crippen molar-refractivity contribution in [3.05, 3.63) is 46.5 Å². The number of rotatable bonds is 4. The van der Waals surface area contributed by atoms with E-state index in [1.54, 1.807) is 11.3 Å². The van der Waals surface area contributed by atoms with Crippen LogP contribution in [-0.4, -0.2) is 53.5 Å². The van der Waals surface area contributed by atoms with E-state index in [1.807, 2.05) is 7.05 Å².